The highest BCUT2D eigenvalue weighted by Crippen LogP contribution is 2.22. The third-order valence-corrected chi connectivity index (χ3v) is 5.44. The van der Waals surface area contributed by atoms with Gasteiger partial charge in [0.05, 0.1) is 11.9 Å². The van der Waals surface area contributed by atoms with Crippen LogP contribution in [0.5, 0.6) is 0 Å². The first kappa shape index (κ1) is 22.6. The van der Waals surface area contributed by atoms with E-state index in [2.05, 4.69) is 45.8 Å². The van der Waals surface area contributed by atoms with Gasteiger partial charge in [-0.15, -0.1) is 0 Å². The number of urea groups is 1. The third-order valence-electron chi connectivity index (χ3n) is 5.44. The number of nitrogens with one attached hydrogen (secondary N) is 3. The fourth-order valence-electron chi connectivity index (χ4n) is 3.57. The Morgan fingerprint density at radius 2 is 1.67 bits per heavy atom. The Labute approximate surface area is 206 Å². The first-order valence-electron chi connectivity index (χ1n) is 11.1. The van der Waals surface area contributed by atoms with Crippen LogP contribution >= 0.6 is 0 Å². The highest BCUT2D eigenvalue weighted by Gasteiger charge is 2.11. The van der Waals surface area contributed by atoms with Crippen LogP contribution in [0.2, 0.25) is 0 Å². The summed E-state index contributed by atoms with van der Waals surface area (Å²) in [5.41, 5.74) is 11.2. The summed E-state index contributed by atoms with van der Waals surface area (Å²) in [5, 5.41) is 13.0. The quantitative estimate of drug-likeness (QED) is 0.286. The summed E-state index contributed by atoms with van der Waals surface area (Å²) in [5.74, 6) is 1.52. The predicted molar refractivity (Wildman–Crippen MR) is 136 cm³/mol. The number of nitrogen functional groups attached to an aromatic ring is 1. The fourth-order valence-corrected chi connectivity index (χ4v) is 3.57. The second kappa shape index (κ2) is 9.97. The first-order valence-corrected chi connectivity index (χ1v) is 11.1. The molecule has 0 bridgehead atoms. The van der Waals surface area contributed by atoms with Crippen LogP contribution in [-0.2, 0) is 6.42 Å². The zero-order valence-electron chi connectivity index (χ0n) is 19.3. The average molecular weight is 479 g/mol. The lowest BCUT2D eigenvalue weighted by molar-refractivity contribution is 0.262. The number of carbonyl (C=O) groups excluding carboxylic acids is 1. The molecular formula is C25H22N10O. The number of nitrogens with two attached hydrogens (primary N) is 1. The molecule has 0 aliphatic rings. The summed E-state index contributed by atoms with van der Waals surface area (Å²) in [6.45, 7) is 2.01. The minimum Gasteiger partial charge on any atom is -0.368 e. The van der Waals surface area contributed by atoms with E-state index in [1.54, 1.807) is 43.2 Å². The monoisotopic (exact) mass is 478 g/mol. The first-order chi connectivity index (χ1) is 17.5. The number of aromatic nitrogens is 7. The highest BCUT2D eigenvalue weighted by atomic mass is 16.2. The minimum atomic E-state index is -0.392. The number of aryl methyl sites for hydroxylation is 1. The molecule has 0 unspecified atom stereocenters. The molecule has 4 heterocycles. The Morgan fingerprint density at radius 3 is 2.47 bits per heavy atom. The normalized spacial score (nSPS) is 10.7. The standard InChI is InChI=1S/C25H22N10O/c1-15-2-3-20(8-17(15)10-22-33-23(35-34-22)16-4-6-27-7-5-16)31-25(36)32-21-9-18(11-28-14-21)19-12-29-24(26)30-13-19/h2-9,11-14H,10H2,1H3,(H2,26,29,30)(H2,31,32,36)(H,33,34,35). The van der Waals surface area contributed by atoms with Crippen LogP contribution in [0.25, 0.3) is 22.5 Å². The van der Waals surface area contributed by atoms with Crippen LogP contribution in [-0.4, -0.2) is 41.1 Å². The lowest BCUT2D eigenvalue weighted by Gasteiger charge is -2.11. The van der Waals surface area contributed by atoms with E-state index in [9.17, 15) is 4.79 Å². The van der Waals surface area contributed by atoms with Gasteiger partial charge in [-0.3, -0.25) is 15.1 Å². The summed E-state index contributed by atoms with van der Waals surface area (Å²) in [6, 6.07) is 10.8. The van der Waals surface area contributed by atoms with Crippen molar-refractivity contribution in [3.8, 4) is 22.5 Å². The minimum absolute atomic E-state index is 0.190. The molecule has 36 heavy (non-hydrogen) atoms. The van der Waals surface area contributed by atoms with Gasteiger partial charge >= 0.3 is 6.03 Å². The van der Waals surface area contributed by atoms with Crippen LogP contribution in [0.4, 0.5) is 22.1 Å². The van der Waals surface area contributed by atoms with Crippen molar-refractivity contribution in [2.45, 2.75) is 13.3 Å². The van der Waals surface area contributed by atoms with E-state index in [0.29, 0.717) is 23.6 Å². The van der Waals surface area contributed by atoms with Crippen LogP contribution in [0.1, 0.15) is 17.0 Å². The molecule has 0 fully saturated rings. The van der Waals surface area contributed by atoms with Crippen molar-refractivity contribution >= 4 is 23.4 Å². The summed E-state index contributed by atoms with van der Waals surface area (Å²) in [6.07, 6.45) is 10.4. The van der Waals surface area contributed by atoms with E-state index in [1.807, 2.05) is 37.3 Å². The topological polar surface area (TPSA) is 160 Å². The maximum Gasteiger partial charge on any atom is 0.323 e. The maximum atomic E-state index is 12.7. The number of anilines is 3. The lowest BCUT2D eigenvalue weighted by atomic mass is 10.0. The van der Waals surface area contributed by atoms with Gasteiger partial charge in [0.15, 0.2) is 5.82 Å². The van der Waals surface area contributed by atoms with E-state index in [-0.39, 0.29) is 5.95 Å². The van der Waals surface area contributed by atoms with Crippen LogP contribution in [0, 0.1) is 6.92 Å². The number of rotatable bonds is 6. The van der Waals surface area contributed by atoms with Gasteiger partial charge in [0.1, 0.15) is 5.82 Å². The Hall–Kier alpha value is -5.19. The van der Waals surface area contributed by atoms with Gasteiger partial charge in [0.2, 0.25) is 5.95 Å². The van der Waals surface area contributed by atoms with Crippen molar-refractivity contribution in [3.05, 3.63) is 90.5 Å². The Morgan fingerprint density at radius 1 is 0.889 bits per heavy atom. The zero-order valence-corrected chi connectivity index (χ0v) is 19.3. The van der Waals surface area contributed by atoms with Gasteiger partial charge in [-0.1, -0.05) is 6.07 Å². The molecule has 11 nitrogen and oxygen atoms in total. The molecule has 4 aromatic heterocycles. The van der Waals surface area contributed by atoms with Gasteiger partial charge in [-0.05, 0) is 48.4 Å². The van der Waals surface area contributed by atoms with Crippen LogP contribution in [0.3, 0.4) is 0 Å². The average Bonchev–Trinajstić information content (AvgIpc) is 3.36. The third kappa shape index (κ3) is 5.30. The molecule has 0 saturated heterocycles. The van der Waals surface area contributed by atoms with Gasteiger partial charge < -0.3 is 16.4 Å². The van der Waals surface area contributed by atoms with E-state index >= 15 is 0 Å². The van der Waals surface area contributed by atoms with E-state index in [1.165, 1.54) is 0 Å². The molecule has 1 aromatic carbocycles. The van der Waals surface area contributed by atoms with Crippen molar-refractivity contribution in [1.82, 2.24) is 35.1 Å². The van der Waals surface area contributed by atoms with Crippen molar-refractivity contribution < 1.29 is 4.79 Å². The molecule has 5 N–H and O–H groups in total. The summed E-state index contributed by atoms with van der Waals surface area (Å²) in [7, 11) is 0. The van der Waals surface area contributed by atoms with Gasteiger partial charge in [0, 0.05) is 59.8 Å². The molecule has 0 aliphatic heterocycles. The molecule has 0 atom stereocenters. The number of hydrogen-bond donors (Lipinski definition) is 4. The summed E-state index contributed by atoms with van der Waals surface area (Å²) < 4.78 is 0. The number of benzene rings is 1. The molecule has 0 radical (unpaired) electrons. The largest absolute Gasteiger partial charge is 0.368 e. The van der Waals surface area contributed by atoms with E-state index in [0.717, 1.165) is 33.6 Å². The zero-order chi connectivity index (χ0) is 24.9. The Kier molecular flexibility index (Phi) is 6.26. The molecule has 178 valence electrons. The lowest BCUT2D eigenvalue weighted by Crippen LogP contribution is -2.19. The second-order valence-corrected chi connectivity index (χ2v) is 8.03. The number of H-pyrrole nitrogens is 1. The number of carbonyl (C=O) groups is 1. The SMILES string of the molecule is Cc1ccc(NC(=O)Nc2cncc(-c3cnc(N)nc3)c2)cc1Cc1nc(-c2ccncc2)n[nH]1. The van der Waals surface area contributed by atoms with Gasteiger partial charge in [0.25, 0.3) is 0 Å². The van der Waals surface area contributed by atoms with Crippen molar-refractivity contribution in [2.24, 2.45) is 0 Å². The molecule has 0 aliphatic carbocycles. The number of hydrogen-bond acceptors (Lipinski definition) is 8. The molecule has 2 amide bonds. The second-order valence-electron chi connectivity index (χ2n) is 8.03. The van der Waals surface area contributed by atoms with Crippen molar-refractivity contribution in [1.29, 1.82) is 0 Å². The molecule has 11 heteroatoms. The van der Waals surface area contributed by atoms with E-state index < -0.39 is 6.03 Å². The smallest absolute Gasteiger partial charge is 0.323 e. The van der Waals surface area contributed by atoms with Crippen LogP contribution in [0.15, 0.2) is 73.6 Å². The predicted octanol–water partition coefficient (Wildman–Crippen LogP) is 3.84. The van der Waals surface area contributed by atoms with E-state index in [4.69, 9.17) is 5.73 Å². The highest BCUT2D eigenvalue weighted by molar-refractivity contribution is 6.00. The van der Waals surface area contributed by atoms with Crippen molar-refractivity contribution in [3.63, 3.8) is 0 Å². The molecule has 5 rings (SSSR count). The number of nitrogens with zero attached hydrogens (tertiary/aromatic N) is 6. The summed E-state index contributed by atoms with van der Waals surface area (Å²) >= 11 is 0. The number of pyridine rings is 2. The molecule has 0 spiro atoms. The summed E-state index contributed by atoms with van der Waals surface area (Å²) in [4.78, 5) is 33.4. The van der Waals surface area contributed by atoms with Crippen LogP contribution < -0.4 is 16.4 Å². The van der Waals surface area contributed by atoms with Gasteiger partial charge in [-0.2, -0.15) is 5.10 Å². The molecule has 5 aromatic rings. The van der Waals surface area contributed by atoms with Crippen molar-refractivity contribution in [2.75, 3.05) is 16.4 Å². The molecular weight excluding hydrogens is 456 g/mol. The number of amides is 2. The Bertz CT molecular complexity index is 1500. The maximum absolute atomic E-state index is 12.7. The van der Waals surface area contributed by atoms with Gasteiger partial charge in [-0.25, -0.2) is 19.7 Å². The Balaban J connectivity index is 1.26. The fraction of sp³-hybridized carbons (Fsp3) is 0.0800. The number of aromatic amines is 1. The molecule has 0 saturated carbocycles.